The Balaban J connectivity index is 2.69. The summed E-state index contributed by atoms with van der Waals surface area (Å²) in [5.41, 5.74) is 1.14. The molecule has 0 saturated carbocycles. The Morgan fingerprint density at radius 1 is 1.24 bits per heavy atom. The van der Waals surface area contributed by atoms with Crippen molar-refractivity contribution in [3.63, 3.8) is 0 Å². The van der Waals surface area contributed by atoms with Gasteiger partial charge < -0.3 is 9.47 Å². The van der Waals surface area contributed by atoms with E-state index in [0.29, 0.717) is 16.1 Å². The first-order chi connectivity index (χ1) is 8.15. The van der Waals surface area contributed by atoms with E-state index < -0.39 is 5.97 Å². The van der Waals surface area contributed by atoms with Gasteiger partial charge in [0.1, 0.15) is 0 Å². The van der Waals surface area contributed by atoms with E-state index in [4.69, 9.17) is 16.3 Å². The summed E-state index contributed by atoms with van der Waals surface area (Å²) in [5.74, 6) is -0.470. The number of nitrogens with zero attached hydrogens (tertiary/aromatic N) is 2. The van der Waals surface area contributed by atoms with Crippen LogP contribution in [-0.4, -0.2) is 30.2 Å². The molecule has 17 heavy (non-hydrogen) atoms. The van der Waals surface area contributed by atoms with Gasteiger partial charge in [0, 0.05) is 5.02 Å². The molecule has 0 N–H and O–H groups in total. The van der Waals surface area contributed by atoms with Crippen molar-refractivity contribution >= 4 is 28.6 Å². The van der Waals surface area contributed by atoms with Crippen LogP contribution in [0.3, 0.4) is 0 Å². The van der Waals surface area contributed by atoms with Gasteiger partial charge in [-0.15, -0.1) is 0 Å². The third kappa shape index (κ3) is 2.14. The lowest BCUT2D eigenvalue weighted by Gasteiger charge is -2.06. The van der Waals surface area contributed by atoms with Crippen LogP contribution in [0.25, 0.3) is 11.0 Å². The number of esters is 1. The molecule has 88 valence electrons. The maximum atomic E-state index is 11.5. The Morgan fingerprint density at radius 2 is 2.00 bits per heavy atom. The minimum Gasteiger partial charge on any atom is -0.479 e. The fourth-order valence-electron chi connectivity index (χ4n) is 1.38. The maximum Gasteiger partial charge on any atom is 0.362 e. The van der Waals surface area contributed by atoms with Crippen molar-refractivity contribution in [1.29, 1.82) is 0 Å². The van der Waals surface area contributed by atoms with Crippen LogP contribution in [0.1, 0.15) is 10.5 Å². The molecule has 0 fully saturated rings. The first-order valence-corrected chi connectivity index (χ1v) is 5.13. The molecule has 0 saturated heterocycles. The summed E-state index contributed by atoms with van der Waals surface area (Å²) in [4.78, 5) is 19.8. The third-order valence-corrected chi connectivity index (χ3v) is 2.40. The Kier molecular flexibility index (Phi) is 3.10. The molecule has 0 unspecified atom stereocenters. The minimum atomic E-state index is -0.601. The lowest BCUT2D eigenvalue weighted by Crippen LogP contribution is -2.08. The normalized spacial score (nSPS) is 10.3. The topological polar surface area (TPSA) is 61.3 Å². The first-order valence-electron chi connectivity index (χ1n) is 4.75. The van der Waals surface area contributed by atoms with Crippen molar-refractivity contribution in [1.82, 2.24) is 9.97 Å². The summed E-state index contributed by atoms with van der Waals surface area (Å²) in [6.45, 7) is 0. The van der Waals surface area contributed by atoms with Gasteiger partial charge in [0.25, 0.3) is 0 Å². The number of benzene rings is 1. The highest BCUT2D eigenvalue weighted by molar-refractivity contribution is 6.31. The zero-order valence-corrected chi connectivity index (χ0v) is 9.99. The lowest BCUT2D eigenvalue weighted by molar-refractivity contribution is 0.0589. The number of fused-ring (bicyclic) bond motifs is 1. The summed E-state index contributed by atoms with van der Waals surface area (Å²) < 4.78 is 9.60. The molecule has 1 aromatic heterocycles. The summed E-state index contributed by atoms with van der Waals surface area (Å²) >= 11 is 5.84. The molecular formula is C11H9ClN2O3. The van der Waals surface area contributed by atoms with Crippen molar-refractivity contribution < 1.29 is 14.3 Å². The van der Waals surface area contributed by atoms with Crippen LogP contribution in [0.15, 0.2) is 18.2 Å². The van der Waals surface area contributed by atoms with Crippen LogP contribution in [0.5, 0.6) is 5.88 Å². The van der Waals surface area contributed by atoms with Crippen molar-refractivity contribution in [3.8, 4) is 5.88 Å². The molecular weight excluding hydrogens is 244 g/mol. The van der Waals surface area contributed by atoms with Crippen LogP contribution >= 0.6 is 11.6 Å². The molecule has 2 aromatic rings. The quantitative estimate of drug-likeness (QED) is 0.766. The molecule has 0 amide bonds. The highest BCUT2D eigenvalue weighted by atomic mass is 35.5. The second-order valence-corrected chi connectivity index (χ2v) is 3.64. The molecule has 0 bridgehead atoms. The zero-order chi connectivity index (χ0) is 12.4. The molecule has 0 radical (unpaired) electrons. The number of carbonyl (C=O) groups excluding carboxylic acids is 1. The number of carbonyl (C=O) groups is 1. The molecule has 0 aliphatic carbocycles. The van der Waals surface area contributed by atoms with E-state index in [9.17, 15) is 4.79 Å². The first kappa shape index (κ1) is 11.6. The number of ether oxygens (including phenoxy) is 2. The molecule has 0 spiro atoms. The summed E-state index contributed by atoms with van der Waals surface area (Å²) in [7, 11) is 2.68. The smallest absolute Gasteiger partial charge is 0.362 e. The summed E-state index contributed by atoms with van der Waals surface area (Å²) in [5, 5.41) is 0.521. The van der Waals surface area contributed by atoms with Gasteiger partial charge >= 0.3 is 5.97 Å². The Morgan fingerprint density at radius 3 is 2.65 bits per heavy atom. The van der Waals surface area contributed by atoms with Gasteiger partial charge in [-0.2, -0.15) is 0 Å². The maximum absolute atomic E-state index is 11.5. The average molecular weight is 253 g/mol. The van der Waals surface area contributed by atoms with Crippen molar-refractivity contribution in [3.05, 3.63) is 28.9 Å². The van der Waals surface area contributed by atoms with Crippen LogP contribution in [-0.2, 0) is 4.74 Å². The fourth-order valence-corrected chi connectivity index (χ4v) is 1.55. The van der Waals surface area contributed by atoms with E-state index in [0.717, 1.165) is 0 Å². The molecule has 5 nitrogen and oxygen atoms in total. The minimum absolute atomic E-state index is 0.0322. The number of hydrogen-bond donors (Lipinski definition) is 0. The van der Waals surface area contributed by atoms with E-state index >= 15 is 0 Å². The molecule has 0 aliphatic heterocycles. The zero-order valence-electron chi connectivity index (χ0n) is 9.23. The monoisotopic (exact) mass is 252 g/mol. The Bertz CT molecular complexity index is 586. The van der Waals surface area contributed by atoms with Crippen LogP contribution < -0.4 is 4.74 Å². The molecule has 0 atom stereocenters. The van der Waals surface area contributed by atoms with Crippen LogP contribution in [0.4, 0.5) is 0 Å². The predicted octanol–water partition coefficient (Wildman–Crippen LogP) is 2.08. The van der Waals surface area contributed by atoms with Crippen molar-refractivity contribution in [2.24, 2.45) is 0 Å². The highest BCUT2D eigenvalue weighted by Crippen LogP contribution is 2.21. The van der Waals surface area contributed by atoms with Crippen molar-refractivity contribution in [2.45, 2.75) is 0 Å². The van der Waals surface area contributed by atoms with Gasteiger partial charge in [-0.25, -0.2) is 14.8 Å². The van der Waals surface area contributed by atoms with E-state index in [2.05, 4.69) is 14.7 Å². The number of halogens is 1. The second kappa shape index (κ2) is 4.55. The molecule has 1 heterocycles. The van der Waals surface area contributed by atoms with Gasteiger partial charge in [0.05, 0.1) is 25.3 Å². The molecule has 1 aromatic carbocycles. The second-order valence-electron chi connectivity index (χ2n) is 3.21. The fraction of sp³-hybridized carbons (Fsp3) is 0.182. The Hall–Kier alpha value is -1.88. The molecule has 0 aliphatic rings. The van der Waals surface area contributed by atoms with Gasteiger partial charge in [-0.05, 0) is 18.2 Å². The van der Waals surface area contributed by atoms with E-state index in [1.165, 1.54) is 14.2 Å². The van der Waals surface area contributed by atoms with Crippen LogP contribution in [0.2, 0.25) is 5.02 Å². The summed E-state index contributed by atoms with van der Waals surface area (Å²) in [6.07, 6.45) is 0. The average Bonchev–Trinajstić information content (AvgIpc) is 2.36. The molecule has 6 heteroatoms. The van der Waals surface area contributed by atoms with E-state index in [-0.39, 0.29) is 11.6 Å². The predicted molar refractivity (Wildman–Crippen MR) is 62.4 cm³/mol. The third-order valence-electron chi connectivity index (χ3n) is 2.17. The van der Waals surface area contributed by atoms with Crippen molar-refractivity contribution in [2.75, 3.05) is 14.2 Å². The van der Waals surface area contributed by atoms with E-state index in [1.54, 1.807) is 18.2 Å². The lowest BCUT2D eigenvalue weighted by atomic mass is 10.3. The van der Waals surface area contributed by atoms with E-state index in [1.807, 2.05) is 0 Å². The van der Waals surface area contributed by atoms with Gasteiger partial charge in [0.2, 0.25) is 11.6 Å². The number of aromatic nitrogens is 2. The van der Waals surface area contributed by atoms with Gasteiger partial charge in [-0.3, -0.25) is 0 Å². The number of methoxy groups -OCH3 is 2. The van der Waals surface area contributed by atoms with Crippen LogP contribution in [0, 0.1) is 0 Å². The van der Waals surface area contributed by atoms with Gasteiger partial charge in [0.15, 0.2) is 0 Å². The highest BCUT2D eigenvalue weighted by Gasteiger charge is 2.17. The Labute approximate surface area is 102 Å². The standard InChI is InChI=1S/C11H9ClN2O3/c1-16-10-9(11(15)17-2)13-8-5-6(12)3-4-7(8)14-10/h3-5H,1-2H3. The number of rotatable bonds is 2. The SMILES string of the molecule is COC(=O)c1nc2cc(Cl)ccc2nc1OC. The van der Waals surface area contributed by atoms with Gasteiger partial charge in [-0.1, -0.05) is 11.6 Å². The summed E-state index contributed by atoms with van der Waals surface area (Å²) in [6, 6.07) is 5.01. The largest absolute Gasteiger partial charge is 0.479 e. The number of hydrogen-bond acceptors (Lipinski definition) is 5. The molecule has 2 rings (SSSR count).